The van der Waals surface area contributed by atoms with Crippen LogP contribution in [0.4, 0.5) is 22.0 Å². The summed E-state index contributed by atoms with van der Waals surface area (Å²) in [6, 6.07) is 8.11. The molecule has 0 bridgehead atoms. The van der Waals surface area contributed by atoms with Gasteiger partial charge in [-0.05, 0) is 26.0 Å². The number of hydrogen-bond donors (Lipinski definition) is 1. The van der Waals surface area contributed by atoms with E-state index in [1.165, 1.54) is 23.9 Å². The summed E-state index contributed by atoms with van der Waals surface area (Å²) in [7, 11) is 0. The van der Waals surface area contributed by atoms with E-state index in [4.69, 9.17) is 11.6 Å². The number of nitro benzene ring substituents is 1. The van der Waals surface area contributed by atoms with Crippen LogP contribution < -0.4 is 15.1 Å². The van der Waals surface area contributed by atoms with Crippen LogP contribution in [0.25, 0.3) is 0 Å². The molecule has 1 aromatic heterocycles. The fraction of sp³-hybridized carbons (Fsp3) is 0.500. The van der Waals surface area contributed by atoms with E-state index in [-0.39, 0.29) is 29.4 Å². The number of aromatic nitrogens is 2. The first-order valence-corrected chi connectivity index (χ1v) is 13.9. The molecule has 204 valence electrons. The Morgan fingerprint density at radius 3 is 2.42 bits per heavy atom. The molecule has 2 aliphatic rings. The third-order valence-electron chi connectivity index (χ3n) is 6.58. The van der Waals surface area contributed by atoms with Gasteiger partial charge in [-0.15, -0.1) is 0 Å². The maximum Gasteiger partial charge on any atom is 0.317 e. The number of hydrogen-bond acceptors (Lipinski definition) is 9. The van der Waals surface area contributed by atoms with E-state index >= 15 is 0 Å². The molecule has 2 fully saturated rings. The van der Waals surface area contributed by atoms with Gasteiger partial charge in [0.1, 0.15) is 11.0 Å². The first-order valence-electron chi connectivity index (χ1n) is 12.5. The lowest BCUT2D eigenvalue weighted by Crippen LogP contribution is -2.56. The lowest BCUT2D eigenvalue weighted by Gasteiger charge is -2.40. The Balaban J connectivity index is 1.29. The predicted molar refractivity (Wildman–Crippen MR) is 147 cm³/mol. The van der Waals surface area contributed by atoms with Gasteiger partial charge in [0.15, 0.2) is 5.16 Å². The zero-order chi connectivity index (χ0) is 27.2. The standard InChI is InChI=1S/C24H31ClN8O4S/c1-3-26-24(35)32-13-12-31(15-17(32)2)21-14-20(25)27-23(28-21)38-16-22(34)30-10-8-29(9-11-30)18-4-6-19(7-5-18)33(36)37/h4-7,14,17H,3,8-13,15-16H2,1-2H3,(H,26,35). The molecule has 0 aliphatic carbocycles. The van der Waals surface area contributed by atoms with Gasteiger partial charge >= 0.3 is 6.03 Å². The van der Waals surface area contributed by atoms with Crippen LogP contribution in [0.5, 0.6) is 0 Å². The van der Waals surface area contributed by atoms with Crippen molar-refractivity contribution in [3.63, 3.8) is 0 Å². The van der Waals surface area contributed by atoms with Gasteiger partial charge in [0.05, 0.1) is 10.7 Å². The minimum absolute atomic E-state index is 0.00592. The minimum atomic E-state index is -0.417. The molecular formula is C24H31ClN8O4S. The number of amides is 3. The Kier molecular flexibility index (Phi) is 9.10. The van der Waals surface area contributed by atoms with E-state index in [2.05, 4.69) is 25.1 Å². The molecule has 1 aromatic carbocycles. The van der Waals surface area contributed by atoms with Gasteiger partial charge in [0.25, 0.3) is 5.69 Å². The second kappa shape index (κ2) is 12.5. The molecule has 4 rings (SSSR count). The van der Waals surface area contributed by atoms with E-state index < -0.39 is 4.92 Å². The summed E-state index contributed by atoms with van der Waals surface area (Å²) in [5.74, 6) is 0.866. The number of carbonyl (C=O) groups is 2. The predicted octanol–water partition coefficient (Wildman–Crippen LogP) is 2.72. The summed E-state index contributed by atoms with van der Waals surface area (Å²) in [5.41, 5.74) is 0.959. The number of nitrogens with one attached hydrogen (secondary N) is 1. The molecule has 0 radical (unpaired) electrons. The molecule has 3 amide bonds. The highest BCUT2D eigenvalue weighted by molar-refractivity contribution is 7.99. The Labute approximate surface area is 230 Å². The molecule has 2 saturated heterocycles. The van der Waals surface area contributed by atoms with Crippen LogP contribution in [0.1, 0.15) is 13.8 Å². The van der Waals surface area contributed by atoms with Gasteiger partial charge in [0, 0.05) is 82.3 Å². The van der Waals surface area contributed by atoms with Crippen molar-refractivity contribution in [3.8, 4) is 0 Å². The number of benzene rings is 1. The lowest BCUT2D eigenvalue weighted by molar-refractivity contribution is -0.384. The topological polar surface area (TPSA) is 128 Å². The number of halogens is 1. The van der Waals surface area contributed by atoms with Crippen LogP contribution >= 0.6 is 23.4 Å². The third-order valence-corrected chi connectivity index (χ3v) is 7.61. The van der Waals surface area contributed by atoms with E-state index in [1.807, 2.05) is 23.6 Å². The number of carbonyl (C=O) groups excluding carboxylic acids is 2. The van der Waals surface area contributed by atoms with Crippen molar-refractivity contribution >= 4 is 52.5 Å². The summed E-state index contributed by atoms with van der Waals surface area (Å²) in [5, 5.41) is 14.5. The molecule has 2 aliphatic heterocycles. The van der Waals surface area contributed by atoms with Crippen LogP contribution in [-0.4, -0.2) is 101 Å². The SMILES string of the molecule is CCNC(=O)N1CCN(c2cc(Cl)nc(SCC(=O)N3CCN(c4ccc([N+](=O)[O-])cc4)CC3)n2)CC1C. The van der Waals surface area contributed by atoms with E-state index in [1.54, 1.807) is 18.2 Å². The minimum Gasteiger partial charge on any atom is -0.368 e. The first kappa shape index (κ1) is 27.7. The van der Waals surface area contributed by atoms with Crippen LogP contribution in [0.15, 0.2) is 35.5 Å². The van der Waals surface area contributed by atoms with Crippen molar-refractivity contribution in [2.24, 2.45) is 0 Å². The van der Waals surface area contributed by atoms with Crippen molar-refractivity contribution in [1.82, 2.24) is 25.1 Å². The molecule has 12 nitrogen and oxygen atoms in total. The van der Waals surface area contributed by atoms with Crippen LogP contribution in [0.2, 0.25) is 5.15 Å². The van der Waals surface area contributed by atoms with Crippen LogP contribution in [0.3, 0.4) is 0 Å². The van der Waals surface area contributed by atoms with Gasteiger partial charge in [-0.2, -0.15) is 0 Å². The molecule has 3 heterocycles. The Morgan fingerprint density at radius 2 is 1.79 bits per heavy atom. The number of urea groups is 1. The number of anilines is 2. The van der Waals surface area contributed by atoms with E-state index in [9.17, 15) is 19.7 Å². The monoisotopic (exact) mass is 562 g/mol. The van der Waals surface area contributed by atoms with E-state index in [0.717, 1.165) is 5.69 Å². The number of non-ortho nitro benzene ring substituents is 1. The van der Waals surface area contributed by atoms with Gasteiger partial charge in [-0.3, -0.25) is 14.9 Å². The van der Waals surface area contributed by atoms with Crippen molar-refractivity contribution in [3.05, 3.63) is 45.6 Å². The van der Waals surface area contributed by atoms with Gasteiger partial charge < -0.3 is 24.9 Å². The Hall–Kier alpha value is -3.32. The highest BCUT2D eigenvalue weighted by Crippen LogP contribution is 2.25. The second-order valence-corrected chi connectivity index (χ2v) is 10.4. The lowest BCUT2D eigenvalue weighted by atomic mass is 10.2. The van der Waals surface area contributed by atoms with Crippen molar-refractivity contribution in [1.29, 1.82) is 0 Å². The summed E-state index contributed by atoms with van der Waals surface area (Å²) in [6.45, 7) is 8.71. The molecule has 0 saturated carbocycles. The Morgan fingerprint density at radius 1 is 1.11 bits per heavy atom. The second-order valence-electron chi connectivity index (χ2n) is 9.09. The quantitative estimate of drug-likeness (QED) is 0.178. The number of rotatable bonds is 7. The summed E-state index contributed by atoms with van der Waals surface area (Å²) in [6.07, 6.45) is 0. The molecule has 14 heteroatoms. The van der Waals surface area contributed by atoms with Gasteiger partial charge in [0.2, 0.25) is 5.91 Å². The Bertz CT molecular complexity index is 1160. The number of piperazine rings is 2. The van der Waals surface area contributed by atoms with Gasteiger partial charge in [-0.1, -0.05) is 23.4 Å². The fourth-order valence-corrected chi connectivity index (χ4v) is 5.53. The summed E-state index contributed by atoms with van der Waals surface area (Å²) < 4.78 is 0. The van der Waals surface area contributed by atoms with Crippen molar-refractivity contribution in [2.45, 2.75) is 25.0 Å². The molecule has 0 spiro atoms. The first-order chi connectivity index (χ1) is 18.2. The smallest absolute Gasteiger partial charge is 0.317 e. The summed E-state index contributed by atoms with van der Waals surface area (Å²) >= 11 is 7.54. The molecule has 38 heavy (non-hydrogen) atoms. The van der Waals surface area contributed by atoms with Crippen molar-refractivity contribution < 1.29 is 14.5 Å². The molecule has 2 aromatic rings. The van der Waals surface area contributed by atoms with E-state index in [0.29, 0.717) is 68.5 Å². The number of thioether (sulfide) groups is 1. The molecule has 1 atom stereocenters. The highest BCUT2D eigenvalue weighted by Gasteiger charge is 2.28. The zero-order valence-electron chi connectivity index (χ0n) is 21.4. The number of nitrogens with zero attached hydrogens (tertiary/aromatic N) is 7. The maximum absolute atomic E-state index is 12.9. The molecular weight excluding hydrogens is 532 g/mol. The van der Waals surface area contributed by atoms with Gasteiger partial charge in [-0.25, -0.2) is 14.8 Å². The maximum atomic E-state index is 12.9. The summed E-state index contributed by atoms with van der Waals surface area (Å²) in [4.78, 5) is 52.3. The van der Waals surface area contributed by atoms with Crippen LogP contribution in [-0.2, 0) is 4.79 Å². The average Bonchev–Trinajstić information content (AvgIpc) is 2.91. The molecule has 1 unspecified atom stereocenters. The largest absolute Gasteiger partial charge is 0.368 e. The fourth-order valence-electron chi connectivity index (χ4n) is 4.55. The van der Waals surface area contributed by atoms with Crippen LogP contribution in [0, 0.1) is 10.1 Å². The van der Waals surface area contributed by atoms with Crippen molar-refractivity contribution in [2.75, 3.05) is 67.9 Å². The third kappa shape index (κ3) is 6.76. The normalized spacial score (nSPS) is 17.9. The zero-order valence-corrected chi connectivity index (χ0v) is 23.0. The highest BCUT2D eigenvalue weighted by atomic mass is 35.5. The number of nitro groups is 1. The molecule has 1 N–H and O–H groups in total. The average molecular weight is 563 g/mol.